The van der Waals surface area contributed by atoms with Gasteiger partial charge in [0, 0.05) is 10.4 Å². The highest BCUT2D eigenvalue weighted by Crippen LogP contribution is 2.27. The molecule has 0 spiro atoms. The van der Waals surface area contributed by atoms with Crippen LogP contribution in [-0.4, -0.2) is 0 Å². The Morgan fingerprint density at radius 3 is 2.52 bits per heavy atom. The van der Waals surface area contributed by atoms with Crippen molar-refractivity contribution >= 4 is 22.6 Å². The number of rotatable bonds is 3. The van der Waals surface area contributed by atoms with Gasteiger partial charge in [0.1, 0.15) is 23.0 Å². The highest BCUT2D eigenvalue weighted by molar-refractivity contribution is 6.31. The summed E-state index contributed by atoms with van der Waals surface area (Å²) < 4.78 is 31.8. The molecule has 3 rings (SSSR count). The summed E-state index contributed by atoms with van der Waals surface area (Å²) in [4.78, 5) is 0. The zero-order valence-electron chi connectivity index (χ0n) is 10.9. The lowest BCUT2D eigenvalue weighted by molar-refractivity contribution is 0.493. The quantitative estimate of drug-likeness (QED) is 0.767. The van der Waals surface area contributed by atoms with Crippen molar-refractivity contribution in [2.45, 2.75) is 12.5 Å². The van der Waals surface area contributed by atoms with Gasteiger partial charge in [0.2, 0.25) is 0 Å². The minimum atomic E-state index is -0.441. The second-order valence-corrected chi connectivity index (χ2v) is 5.28. The fraction of sp³-hybridized carbons (Fsp3) is 0.125. The van der Waals surface area contributed by atoms with Gasteiger partial charge < -0.3 is 10.2 Å². The lowest BCUT2D eigenvalue weighted by Gasteiger charge is -2.10. The molecule has 108 valence electrons. The van der Waals surface area contributed by atoms with Crippen molar-refractivity contribution in [3.8, 4) is 0 Å². The predicted molar refractivity (Wildman–Crippen MR) is 78.2 cm³/mol. The number of halogens is 3. The molecule has 0 saturated heterocycles. The highest BCUT2D eigenvalue weighted by Gasteiger charge is 2.15. The average Bonchev–Trinajstić information content (AvgIpc) is 2.85. The molecule has 0 saturated carbocycles. The predicted octanol–water partition coefficient (Wildman–Crippen LogP) is 4.61. The van der Waals surface area contributed by atoms with E-state index >= 15 is 0 Å². The van der Waals surface area contributed by atoms with Crippen LogP contribution in [0.5, 0.6) is 0 Å². The zero-order chi connectivity index (χ0) is 15.0. The van der Waals surface area contributed by atoms with Gasteiger partial charge in [-0.15, -0.1) is 0 Å². The molecular formula is C16H12ClF2NO. The molecular weight excluding hydrogens is 296 g/mol. The summed E-state index contributed by atoms with van der Waals surface area (Å²) in [5, 5.41) is 0.984. The van der Waals surface area contributed by atoms with Crippen LogP contribution in [0, 0.1) is 11.6 Å². The Hall–Kier alpha value is -1.91. The summed E-state index contributed by atoms with van der Waals surface area (Å²) in [6.45, 7) is 0. The SMILES string of the molecule is NC(Cc1ccc(F)cc1Cl)c1cc2cc(F)ccc2o1. The molecule has 1 unspecified atom stereocenters. The van der Waals surface area contributed by atoms with Gasteiger partial charge in [-0.2, -0.15) is 0 Å². The molecule has 5 heteroatoms. The van der Waals surface area contributed by atoms with Gasteiger partial charge in [-0.3, -0.25) is 0 Å². The van der Waals surface area contributed by atoms with Crippen LogP contribution in [0.25, 0.3) is 11.0 Å². The summed E-state index contributed by atoms with van der Waals surface area (Å²) in [6, 6.07) is 9.73. The minimum absolute atomic E-state index is 0.326. The molecule has 2 nitrogen and oxygen atoms in total. The summed E-state index contributed by atoms with van der Waals surface area (Å²) >= 11 is 5.98. The molecule has 0 radical (unpaired) electrons. The lowest BCUT2D eigenvalue weighted by Crippen LogP contribution is -2.12. The monoisotopic (exact) mass is 307 g/mol. The number of hydrogen-bond acceptors (Lipinski definition) is 2. The number of furan rings is 1. The van der Waals surface area contributed by atoms with Crippen LogP contribution in [0.1, 0.15) is 17.4 Å². The molecule has 0 fully saturated rings. The number of nitrogens with two attached hydrogens (primary N) is 1. The Morgan fingerprint density at radius 2 is 1.76 bits per heavy atom. The molecule has 1 atom stereocenters. The van der Waals surface area contributed by atoms with E-state index in [2.05, 4.69) is 0 Å². The van der Waals surface area contributed by atoms with Gasteiger partial charge in [0.25, 0.3) is 0 Å². The molecule has 2 aromatic carbocycles. The zero-order valence-corrected chi connectivity index (χ0v) is 11.7. The van der Waals surface area contributed by atoms with Crippen molar-refractivity contribution in [2.24, 2.45) is 5.73 Å². The van der Waals surface area contributed by atoms with Crippen molar-refractivity contribution in [1.82, 2.24) is 0 Å². The molecule has 0 bridgehead atoms. The Labute approximate surface area is 125 Å². The fourth-order valence-corrected chi connectivity index (χ4v) is 2.49. The van der Waals surface area contributed by atoms with E-state index in [4.69, 9.17) is 21.8 Å². The van der Waals surface area contributed by atoms with Gasteiger partial charge in [0.05, 0.1) is 6.04 Å². The molecule has 0 aliphatic heterocycles. The first kappa shape index (κ1) is 14.0. The van der Waals surface area contributed by atoms with Gasteiger partial charge in [-0.25, -0.2) is 8.78 Å². The molecule has 3 aromatic rings. The third-order valence-corrected chi connectivity index (χ3v) is 3.67. The maximum atomic E-state index is 13.2. The van der Waals surface area contributed by atoms with Crippen molar-refractivity contribution in [3.05, 3.63) is 70.4 Å². The van der Waals surface area contributed by atoms with Crippen LogP contribution in [0.3, 0.4) is 0 Å². The first-order chi connectivity index (χ1) is 10.0. The van der Waals surface area contributed by atoms with Crippen LogP contribution in [0.2, 0.25) is 5.02 Å². The molecule has 0 aliphatic rings. The Morgan fingerprint density at radius 1 is 1.05 bits per heavy atom. The van der Waals surface area contributed by atoms with E-state index in [0.29, 0.717) is 28.2 Å². The van der Waals surface area contributed by atoms with Gasteiger partial charge in [0.15, 0.2) is 0 Å². The van der Waals surface area contributed by atoms with E-state index in [1.54, 1.807) is 18.2 Å². The number of hydrogen-bond donors (Lipinski definition) is 1. The average molecular weight is 308 g/mol. The summed E-state index contributed by atoms with van der Waals surface area (Å²) in [5.41, 5.74) is 7.41. The third kappa shape index (κ3) is 2.91. The molecule has 2 N–H and O–H groups in total. The van der Waals surface area contributed by atoms with Crippen LogP contribution in [0.15, 0.2) is 46.9 Å². The van der Waals surface area contributed by atoms with E-state index < -0.39 is 11.9 Å². The first-order valence-corrected chi connectivity index (χ1v) is 6.79. The topological polar surface area (TPSA) is 39.2 Å². The van der Waals surface area contributed by atoms with Crippen molar-refractivity contribution in [1.29, 1.82) is 0 Å². The number of fused-ring (bicyclic) bond motifs is 1. The van der Waals surface area contributed by atoms with Gasteiger partial charge in [-0.1, -0.05) is 17.7 Å². The molecule has 1 aromatic heterocycles. The van der Waals surface area contributed by atoms with E-state index in [1.807, 2.05) is 0 Å². The Kier molecular flexibility index (Phi) is 3.66. The molecule has 0 aliphatic carbocycles. The Bertz CT molecular complexity index is 800. The lowest BCUT2D eigenvalue weighted by atomic mass is 10.0. The van der Waals surface area contributed by atoms with E-state index in [9.17, 15) is 8.78 Å². The highest BCUT2D eigenvalue weighted by atomic mass is 35.5. The molecule has 0 amide bonds. The smallest absolute Gasteiger partial charge is 0.134 e. The molecule has 21 heavy (non-hydrogen) atoms. The summed E-state index contributed by atoms with van der Waals surface area (Å²) in [7, 11) is 0. The van der Waals surface area contributed by atoms with Crippen molar-refractivity contribution < 1.29 is 13.2 Å². The minimum Gasteiger partial charge on any atom is -0.459 e. The standard InChI is InChI=1S/C16H12ClF2NO/c17-13-8-12(19)2-1-9(13)6-14(20)16-7-10-5-11(18)3-4-15(10)21-16/h1-5,7-8,14H,6,20H2. The third-order valence-electron chi connectivity index (χ3n) is 3.32. The van der Waals surface area contributed by atoms with Crippen molar-refractivity contribution in [3.63, 3.8) is 0 Å². The van der Waals surface area contributed by atoms with Crippen molar-refractivity contribution in [2.75, 3.05) is 0 Å². The van der Waals surface area contributed by atoms with Crippen LogP contribution < -0.4 is 5.73 Å². The normalized spacial score (nSPS) is 12.8. The second kappa shape index (κ2) is 5.47. The second-order valence-electron chi connectivity index (χ2n) is 4.88. The Balaban J connectivity index is 1.87. The van der Waals surface area contributed by atoms with E-state index in [-0.39, 0.29) is 5.82 Å². The van der Waals surface area contributed by atoms with Crippen LogP contribution >= 0.6 is 11.6 Å². The summed E-state index contributed by atoms with van der Waals surface area (Å²) in [6.07, 6.45) is 0.404. The molecule has 1 heterocycles. The fourth-order valence-electron chi connectivity index (χ4n) is 2.24. The van der Waals surface area contributed by atoms with E-state index in [0.717, 1.165) is 5.56 Å². The van der Waals surface area contributed by atoms with Crippen LogP contribution in [0.4, 0.5) is 8.78 Å². The largest absolute Gasteiger partial charge is 0.459 e. The maximum Gasteiger partial charge on any atom is 0.134 e. The van der Waals surface area contributed by atoms with E-state index in [1.165, 1.54) is 24.3 Å². The summed E-state index contributed by atoms with van der Waals surface area (Å²) in [5.74, 6) is -0.183. The van der Waals surface area contributed by atoms with Gasteiger partial charge in [-0.05, 0) is 48.4 Å². The van der Waals surface area contributed by atoms with Gasteiger partial charge >= 0.3 is 0 Å². The van der Waals surface area contributed by atoms with Crippen LogP contribution in [-0.2, 0) is 6.42 Å². The first-order valence-electron chi connectivity index (χ1n) is 6.41. The maximum absolute atomic E-state index is 13.2. The number of benzene rings is 2.